The molecule has 1 amide bonds. The fourth-order valence-corrected chi connectivity index (χ4v) is 2.37. The number of benzene rings is 2. The SMILES string of the molecule is NC(N)=NC(=O)C1=Cc2ccccc2OC1c1ccccc1. The van der Waals surface area contributed by atoms with Crippen LogP contribution in [0.4, 0.5) is 0 Å². The Morgan fingerprint density at radius 3 is 2.41 bits per heavy atom. The van der Waals surface area contributed by atoms with Gasteiger partial charge in [-0.05, 0) is 17.7 Å². The first-order chi connectivity index (χ1) is 10.6. The summed E-state index contributed by atoms with van der Waals surface area (Å²) in [4.78, 5) is 15.9. The molecular weight excluding hydrogens is 278 g/mol. The average Bonchev–Trinajstić information content (AvgIpc) is 2.54. The first-order valence-electron chi connectivity index (χ1n) is 6.81. The van der Waals surface area contributed by atoms with Gasteiger partial charge in [0.1, 0.15) is 5.75 Å². The normalized spacial score (nSPS) is 16.0. The van der Waals surface area contributed by atoms with Crippen molar-refractivity contribution in [3.63, 3.8) is 0 Å². The van der Waals surface area contributed by atoms with Gasteiger partial charge in [-0.1, -0.05) is 48.5 Å². The van der Waals surface area contributed by atoms with E-state index in [9.17, 15) is 4.79 Å². The van der Waals surface area contributed by atoms with Crippen molar-refractivity contribution in [1.29, 1.82) is 0 Å². The van der Waals surface area contributed by atoms with Crippen LogP contribution in [-0.4, -0.2) is 11.9 Å². The summed E-state index contributed by atoms with van der Waals surface area (Å²) in [5.41, 5.74) is 12.7. The van der Waals surface area contributed by atoms with Gasteiger partial charge in [0.25, 0.3) is 5.91 Å². The second kappa shape index (κ2) is 5.73. The number of rotatable bonds is 2. The zero-order valence-electron chi connectivity index (χ0n) is 11.8. The van der Waals surface area contributed by atoms with Crippen molar-refractivity contribution in [2.45, 2.75) is 6.10 Å². The molecule has 5 nitrogen and oxygen atoms in total. The summed E-state index contributed by atoms with van der Waals surface area (Å²) in [6, 6.07) is 17.0. The van der Waals surface area contributed by atoms with Crippen LogP contribution < -0.4 is 16.2 Å². The zero-order chi connectivity index (χ0) is 15.5. The number of nitrogens with zero attached hydrogens (tertiary/aromatic N) is 1. The lowest BCUT2D eigenvalue weighted by atomic mass is 9.95. The van der Waals surface area contributed by atoms with Gasteiger partial charge in [0.2, 0.25) is 0 Å². The summed E-state index contributed by atoms with van der Waals surface area (Å²) in [6.45, 7) is 0. The van der Waals surface area contributed by atoms with E-state index in [4.69, 9.17) is 16.2 Å². The highest BCUT2D eigenvalue weighted by molar-refractivity contribution is 6.05. The largest absolute Gasteiger partial charge is 0.480 e. The van der Waals surface area contributed by atoms with Gasteiger partial charge in [-0.3, -0.25) is 4.79 Å². The molecule has 2 aromatic rings. The van der Waals surface area contributed by atoms with E-state index in [-0.39, 0.29) is 5.96 Å². The second-order valence-electron chi connectivity index (χ2n) is 4.89. The van der Waals surface area contributed by atoms with E-state index in [1.165, 1.54) is 0 Å². The summed E-state index contributed by atoms with van der Waals surface area (Å²) in [5, 5.41) is 0. The van der Waals surface area contributed by atoms with Crippen molar-refractivity contribution in [2.75, 3.05) is 0 Å². The van der Waals surface area contributed by atoms with Crippen LogP contribution in [0.1, 0.15) is 17.2 Å². The van der Waals surface area contributed by atoms with Crippen LogP contribution in [0.25, 0.3) is 6.08 Å². The molecule has 0 aromatic heterocycles. The number of para-hydroxylation sites is 1. The highest BCUT2D eigenvalue weighted by Crippen LogP contribution is 2.37. The highest BCUT2D eigenvalue weighted by atomic mass is 16.5. The summed E-state index contributed by atoms with van der Waals surface area (Å²) in [7, 11) is 0. The predicted octanol–water partition coefficient (Wildman–Crippen LogP) is 2.00. The highest BCUT2D eigenvalue weighted by Gasteiger charge is 2.28. The maximum Gasteiger partial charge on any atom is 0.280 e. The minimum Gasteiger partial charge on any atom is -0.480 e. The van der Waals surface area contributed by atoms with Crippen molar-refractivity contribution >= 4 is 17.9 Å². The molecule has 22 heavy (non-hydrogen) atoms. The average molecular weight is 293 g/mol. The minimum absolute atomic E-state index is 0.267. The Kier molecular flexibility index (Phi) is 3.62. The van der Waals surface area contributed by atoms with Crippen LogP contribution in [0.3, 0.4) is 0 Å². The van der Waals surface area contributed by atoms with Gasteiger partial charge in [0.15, 0.2) is 12.1 Å². The minimum atomic E-state index is -0.535. The Labute approximate surface area is 127 Å². The first-order valence-corrected chi connectivity index (χ1v) is 6.81. The standard InChI is InChI=1S/C17H15N3O2/c18-17(19)20-16(21)13-10-12-8-4-5-9-14(12)22-15(13)11-6-2-1-3-7-11/h1-10,15H,(H4,18,19,20,21). The number of hydrogen-bond donors (Lipinski definition) is 2. The molecule has 0 fully saturated rings. The van der Waals surface area contributed by atoms with Crippen LogP contribution in [-0.2, 0) is 4.79 Å². The molecule has 0 aliphatic carbocycles. The third kappa shape index (κ3) is 2.69. The monoisotopic (exact) mass is 293 g/mol. The molecule has 3 rings (SSSR count). The topological polar surface area (TPSA) is 90.7 Å². The van der Waals surface area contributed by atoms with Crippen molar-refractivity contribution < 1.29 is 9.53 Å². The van der Waals surface area contributed by atoms with Crippen LogP contribution in [0.15, 0.2) is 65.2 Å². The maximum atomic E-state index is 12.3. The van der Waals surface area contributed by atoms with E-state index in [2.05, 4.69) is 4.99 Å². The molecule has 2 aromatic carbocycles. The number of nitrogens with two attached hydrogens (primary N) is 2. The molecule has 0 saturated heterocycles. The van der Waals surface area contributed by atoms with E-state index in [1.54, 1.807) is 6.08 Å². The van der Waals surface area contributed by atoms with Crippen LogP contribution >= 0.6 is 0 Å². The smallest absolute Gasteiger partial charge is 0.280 e. The van der Waals surface area contributed by atoms with Gasteiger partial charge >= 0.3 is 0 Å². The van der Waals surface area contributed by atoms with E-state index < -0.39 is 12.0 Å². The van der Waals surface area contributed by atoms with Crippen molar-refractivity contribution in [3.05, 3.63) is 71.3 Å². The summed E-state index contributed by atoms with van der Waals surface area (Å²) >= 11 is 0. The number of aliphatic imine (C=N–C) groups is 1. The Bertz CT molecular complexity index is 762. The van der Waals surface area contributed by atoms with Crippen molar-refractivity contribution in [3.8, 4) is 5.75 Å². The third-order valence-corrected chi connectivity index (χ3v) is 3.34. The third-order valence-electron chi connectivity index (χ3n) is 3.34. The van der Waals surface area contributed by atoms with Gasteiger partial charge in [-0.2, -0.15) is 4.99 Å². The van der Waals surface area contributed by atoms with Gasteiger partial charge in [0, 0.05) is 5.56 Å². The molecule has 1 atom stereocenters. The molecule has 0 saturated carbocycles. The molecule has 0 radical (unpaired) electrons. The first kappa shape index (κ1) is 13.9. The number of carbonyl (C=O) groups is 1. The predicted molar refractivity (Wildman–Crippen MR) is 85.0 cm³/mol. The van der Waals surface area contributed by atoms with E-state index in [0.29, 0.717) is 5.57 Å². The van der Waals surface area contributed by atoms with Crippen LogP contribution in [0.2, 0.25) is 0 Å². The molecule has 5 heteroatoms. The molecule has 1 aliphatic heterocycles. The van der Waals surface area contributed by atoms with Gasteiger partial charge in [0.05, 0.1) is 5.57 Å². The molecule has 1 heterocycles. The van der Waals surface area contributed by atoms with Crippen molar-refractivity contribution in [2.24, 2.45) is 16.5 Å². The Morgan fingerprint density at radius 1 is 1.00 bits per heavy atom. The van der Waals surface area contributed by atoms with Gasteiger partial charge in [-0.15, -0.1) is 0 Å². The number of hydrogen-bond acceptors (Lipinski definition) is 2. The summed E-state index contributed by atoms with van der Waals surface area (Å²) in [5.74, 6) is -0.0440. The maximum absolute atomic E-state index is 12.3. The molecule has 4 N–H and O–H groups in total. The van der Waals surface area contributed by atoms with E-state index in [0.717, 1.165) is 16.9 Å². The molecule has 0 spiro atoms. The Balaban J connectivity index is 2.09. The zero-order valence-corrected chi connectivity index (χ0v) is 11.8. The van der Waals surface area contributed by atoms with E-state index in [1.807, 2.05) is 54.6 Å². The fourth-order valence-electron chi connectivity index (χ4n) is 2.37. The van der Waals surface area contributed by atoms with Crippen LogP contribution in [0, 0.1) is 0 Å². The van der Waals surface area contributed by atoms with Gasteiger partial charge < -0.3 is 16.2 Å². The Hall–Kier alpha value is -3.08. The summed E-state index contributed by atoms with van der Waals surface area (Å²) < 4.78 is 5.99. The lowest BCUT2D eigenvalue weighted by Crippen LogP contribution is -2.26. The molecule has 1 aliphatic rings. The summed E-state index contributed by atoms with van der Waals surface area (Å²) in [6.07, 6.45) is 1.23. The second-order valence-corrected chi connectivity index (χ2v) is 4.89. The van der Waals surface area contributed by atoms with Gasteiger partial charge in [-0.25, -0.2) is 0 Å². The van der Waals surface area contributed by atoms with Crippen LogP contribution in [0.5, 0.6) is 5.75 Å². The molecule has 1 unspecified atom stereocenters. The van der Waals surface area contributed by atoms with E-state index >= 15 is 0 Å². The lowest BCUT2D eigenvalue weighted by molar-refractivity contribution is -0.115. The molecule has 0 bridgehead atoms. The molecule has 110 valence electrons. The molecular formula is C17H15N3O2. The number of fused-ring (bicyclic) bond motifs is 1. The quantitative estimate of drug-likeness (QED) is 0.654. The Morgan fingerprint density at radius 2 is 1.68 bits per heavy atom. The number of ether oxygens (including phenoxy) is 1. The van der Waals surface area contributed by atoms with Crippen molar-refractivity contribution in [1.82, 2.24) is 0 Å². The lowest BCUT2D eigenvalue weighted by Gasteiger charge is -2.26. The fraction of sp³-hybridized carbons (Fsp3) is 0.0588. The number of carbonyl (C=O) groups excluding carboxylic acids is 1. The number of amides is 1. The number of guanidine groups is 1.